The molecular weight excluding hydrogens is 450 g/mol. The quantitative estimate of drug-likeness (QED) is 0.350. The van der Waals surface area contributed by atoms with Crippen molar-refractivity contribution in [3.05, 3.63) is 28.8 Å². The number of aliphatic hydroxyl groups excluding tert-OH is 1. The van der Waals surface area contributed by atoms with Gasteiger partial charge in [0.25, 0.3) is 0 Å². The van der Waals surface area contributed by atoms with Gasteiger partial charge in [0, 0.05) is 23.2 Å². The van der Waals surface area contributed by atoms with Gasteiger partial charge in [0.05, 0.1) is 0 Å². The maximum Gasteiger partial charge on any atom is 0.126 e. The summed E-state index contributed by atoms with van der Waals surface area (Å²) in [5, 5.41) is 29.9. The highest BCUT2D eigenvalue weighted by molar-refractivity contribution is 5.48. The first-order valence-electron chi connectivity index (χ1n) is 14.2. The van der Waals surface area contributed by atoms with Crippen LogP contribution in [-0.4, -0.2) is 58.8 Å². The zero-order valence-corrected chi connectivity index (χ0v) is 25.0. The third kappa shape index (κ3) is 6.44. The van der Waals surface area contributed by atoms with Gasteiger partial charge in [-0.3, -0.25) is 0 Å². The fourth-order valence-corrected chi connectivity index (χ4v) is 5.79. The van der Waals surface area contributed by atoms with Gasteiger partial charge in [-0.15, -0.1) is 0 Å². The number of rotatable bonds is 9. The summed E-state index contributed by atoms with van der Waals surface area (Å²) in [5.41, 5.74) is 3.26. The number of aliphatic hydroxyl groups is 1. The molecule has 4 atom stereocenters. The zero-order valence-electron chi connectivity index (χ0n) is 25.0. The molecule has 1 fully saturated rings. The Morgan fingerprint density at radius 1 is 1.19 bits per heavy atom. The third-order valence-electron chi connectivity index (χ3n) is 8.69. The second-order valence-electron chi connectivity index (χ2n) is 12.3. The SMILES string of the molecule is CC.CCC(C)c1cc2c(cc1C(C)(C)NC)CCC(C(O)CNCC1CC(C)(C)N(O)C1(C)C)O2. The Labute approximate surface area is 221 Å². The highest BCUT2D eigenvalue weighted by atomic mass is 16.5. The summed E-state index contributed by atoms with van der Waals surface area (Å²) in [5.74, 6) is 1.67. The number of ether oxygens (including phenoxy) is 1. The van der Waals surface area contributed by atoms with Gasteiger partial charge in [-0.1, -0.05) is 27.7 Å². The second-order valence-corrected chi connectivity index (χ2v) is 12.3. The topological polar surface area (TPSA) is 77.0 Å². The summed E-state index contributed by atoms with van der Waals surface area (Å²) in [6, 6.07) is 4.54. The molecule has 0 aliphatic carbocycles. The van der Waals surface area contributed by atoms with E-state index in [-0.39, 0.29) is 22.7 Å². The first-order chi connectivity index (χ1) is 16.7. The average molecular weight is 506 g/mol. The van der Waals surface area contributed by atoms with Gasteiger partial charge in [-0.05, 0) is 121 Å². The Morgan fingerprint density at radius 3 is 2.36 bits per heavy atom. The molecule has 3 rings (SSSR count). The van der Waals surface area contributed by atoms with E-state index in [1.54, 1.807) is 0 Å². The lowest BCUT2D eigenvalue weighted by Gasteiger charge is -2.36. The fourth-order valence-electron chi connectivity index (χ4n) is 5.79. The zero-order chi connectivity index (χ0) is 27.5. The van der Waals surface area contributed by atoms with Crippen molar-refractivity contribution in [1.82, 2.24) is 15.7 Å². The highest BCUT2D eigenvalue weighted by Gasteiger charge is 2.50. The summed E-state index contributed by atoms with van der Waals surface area (Å²) in [6.45, 7) is 22.5. The number of hydrogen-bond acceptors (Lipinski definition) is 6. The van der Waals surface area contributed by atoms with Crippen LogP contribution in [-0.2, 0) is 12.0 Å². The van der Waals surface area contributed by atoms with E-state index in [4.69, 9.17) is 4.74 Å². The molecule has 0 spiro atoms. The standard InChI is InChI=1S/C28H49N3O3.C2H6/c1-10-18(2)21-14-25-19(13-22(21)27(5,6)29-9)11-12-24(34-25)23(32)17-30-16-20-15-26(3,4)31(33)28(20,7)8;1-2/h13-14,18,20,23-24,29-30,32-33H,10-12,15-17H2,1-9H3;1-2H3. The van der Waals surface area contributed by atoms with Gasteiger partial charge in [-0.25, -0.2) is 0 Å². The van der Waals surface area contributed by atoms with Gasteiger partial charge in [0.1, 0.15) is 18.0 Å². The molecule has 0 bridgehead atoms. The van der Waals surface area contributed by atoms with Crippen molar-refractivity contribution >= 4 is 0 Å². The maximum absolute atomic E-state index is 10.9. The Hall–Kier alpha value is -1.18. The molecule has 6 nitrogen and oxygen atoms in total. The van der Waals surface area contributed by atoms with E-state index >= 15 is 0 Å². The van der Waals surface area contributed by atoms with E-state index in [0.29, 0.717) is 18.4 Å². The van der Waals surface area contributed by atoms with E-state index < -0.39 is 6.10 Å². The van der Waals surface area contributed by atoms with E-state index in [2.05, 4.69) is 78.2 Å². The Bertz CT molecular complexity index is 852. The molecule has 4 N–H and O–H groups in total. The van der Waals surface area contributed by atoms with Crippen LogP contribution in [0.2, 0.25) is 0 Å². The van der Waals surface area contributed by atoms with Gasteiger partial charge in [0.2, 0.25) is 0 Å². The lowest BCUT2D eigenvalue weighted by atomic mass is 9.81. The number of hydrogen-bond donors (Lipinski definition) is 4. The monoisotopic (exact) mass is 505 g/mol. The summed E-state index contributed by atoms with van der Waals surface area (Å²) in [6.07, 6.45) is 2.92. The highest BCUT2D eigenvalue weighted by Crippen LogP contribution is 2.43. The molecule has 1 aromatic rings. The summed E-state index contributed by atoms with van der Waals surface area (Å²) < 4.78 is 6.39. The fraction of sp³-hybridized carbons (Fsp3) is 0.800. The smallest absolute Gasteiger partial charge is 0.126 e. The van der Waals surface area contributed by atoms with Crippen molar-refractivity contribution in [1.29, 1.82) is 0 Å². The van der Waals surface area contributed by atoms with Crippen molar-refractivity contribution in [3.63, 3.8) is 0 Å². The number of aryl methyl sites for hydroxylation is 1. The van der Waals surface area contributed by atoms with Crippen LogP contribution in [0.4, 0.5) is 0 Å². The largest absolute Gasteiger partial charge is 0.487 e. The summed E-state index contributed by atoms with van der Waals surface area (Å²) in [4.78, 5) is 0. The molecule has 2 heterocycles. The molecule has 36 heavy (non-hydrogen) atoms. The molecule has 0 amide bonds. The van der Waals surface area contributed by atoms with Crippen molar-refractivity contribution < 1.29 is 15.1 Å². The molecule has 1 aromatic carbocycles. The lowest BCUT2D eigenvalue weighted by molar-refractivity contribution is -0.196. The number of fused-ring (bicyclic) bond motifs is 1. The molecule has 2 aliphatic rings. The van der Waals surface area contributed by atoms with E-state index in [1.165, 1.54) is 21.8 Å². The first-order valence-corrected chi connectivity index (χ1v) is 14.2. The van der Waals surface area contributed by atoms with Crippen LogP contribution in [0.25, 0.3) is 0 Å². The molecule has 0 saturated carbocycles. The predicted molar refractivity (Wildman–Crippen MR) is 150 cm³/mol. The van der Waals surface area contributed by atoms with Crippen LogP contribution in [0.1, 0.15) is 111 Å². The van der Waals surface area contributed by atoms with Crippen LogP contribution >= 0.6 is 0 Å². The molecule has 1 saturated heterocycles. The first kappa shape index (κ1) is 31.0. The second kappa shape index (κ2) is 12.1. The Kier molecular flexibility index (Phi) is 10.5. The minimum absolute atomic E-state index is 0.110. The van der Waals surface area contributed by atoms with Crippen LogP contribution < -0.4 is 15.4 Å². The van der Waals surface area contributed by atoms with Gasteiger partial charge >= 0.3 is 0 Å². The van der Waals surface area contributed by atoms with Crippen LogP contribution in [0, 0.1) is 5.92 Å². The van der Waals surface area contributed by atoms with Crippen molar-refractivity contribution in [3.8, 4) is 5.75 Å². The van der Waals surface area contributed by atoms with E-state index in [1.807, 2.05) is 20.9 Å². The van der Waals surface area contributed by atoms with Crippen molar-refractivity contribution in [2.75, 3.05) is 20.1 Å². The summed E-state index contributed by atoms with van der Waals surface area (Å²) >= 11 is 0. The number of nitrogens with one attached hydrogen (secondary N) is 2. The van der Waals surface area contributed by atoms with E-state index in [0.717, 1.165) is 38.0 Å². The minimum atomic E-state index is -0.573. The van der Waals surface area contributed by atoms with Crippen LogP contribution in [0.3, 0.4) is 0 Å². The molecule has 208 valence electrons. The predicted octanol–water partition coefficient (Wildman–Crippen LogP) is 5.59. The molecule has 6 heteroatoms. The minimum Gasteiger partial charge on any atom is -0.487 e. The Balaban J connectivity index is 0.00000222. The van der Waals surface area contributed by atoms with Crippen LogP contribution in [0.5, 0.6) is 5.75 Å². The number of hydroxylamine groups is 2. The molecule has 0 aromatic heterocycles. The molecule has 0 radical (unpaired) electrons. The average Bonchev–Trinajstić information content (AvgIpc) is 3.01. The molecule has 4 unspecified atom stereocenters. The number of nitrogens with zero attached hydrogens (tertiary/aromatic N) is 1. The van der Waals surface area contributed by atoms with Crippen LogP contribution in [0.15, 0.2) is 12.1 Å². The van der Waals surface area contributed by atoms with Gasteiger partial charge in [-0.2, -0.15) is 5.06 Å². The summed E-state index contributed by atoms with van der Waals surface area (Å²) in [7, 11) is 2.02. The number of benzene rings is 1. The van der Waals surface area contributed by atoms with E-state index in [9.17, 15) is 10.3 Å². The van der Waals surface area contributed by atoms with Crippen molar-refractivity contribution in [2.45, 2.75) is 130 Å². The van der Waals surface area contributed by atoms with Gasteiger partial charge in [0.15, 0.2) is 0 Å². The third-order valence-corrected chi connectivity index (χ3v) is 8.69. The van der Waals surface area contributed by atoms with Crippen molar-refractivity contribution in [2.24, 2.45) is 5.92 Å². The normalized spacial score (nSPS) is 24.8. The maximum atomic E-state index is 10.9. The molecule has 2 aliphatic heterocycles. The lowest BCUT2D eigenvalue weighted by Crippen LogP contribution is -2.49. The van der Waals surface area contributed by atoms with Gasteiger partial charge < -0.3 is 25.7 Å². The molecular formula is C30H55N3O3. The Morgan fingerprint density at radius 2 is 1.83 bits per heavy atom.